The van der Waals surface area contributed by atoms with E-state index in [1.807, 2.05) is 0 Å². The monoisotopic (exact) mass is 552 g/mol. The standard InChI is InChI=1S/C26H34Cl2N4O5/c1-3-30(4-2)9-10-32-22(25(35)31-11-13-36-14-12-31)26-8-7-19(37-26)20(21(26)24(32)34)23(33)29-16-5-6-17(27)18(28)15-16/h5-6,15,19-22H,3-4,7-14H2,1-2H3,(H,29,33). The van der Waals surface area contributed by atoms with Gasteiger partial charge < -0.3 is 29.5 Å². The maximum Gasteiger partial charge on any atom is 0.248 e. The Labute approximate surface area is 227 Å². The van der Waals surface area contributed by atoms with Crippen LogP contribution in [-0.2, 0) is 23.9 Å². The number of likely N-dealkylation sites (N-methyl/N-ethyl adjacent to an activating group) is 1. The topological polar surface area (TPSA) is 91.4 Å². The first-order chi connectivity index (χ1) is 17.8. The Bertz CT molecular complexity index is 1060. The number of hydrogen-bond acceptors (Lipinski definition) is 6. The molecule has 1 aromatic carbocycles. The highest BCUT2D eigenvalue weighted by molar-refractivity contribution is 6.42. The Morgan fingerprint density at radius 2 is 1.89 bits per heavy atom. The number of likely N-dealkylation sites (tertiary alicyclic amines) is 1. The van der Waals surface area contributed by atoms with Gasteiger partial charge in [-0.1, -0.05) is 37.0 Å². The molecule has 4 heterocycles. The average Bonchev–Trinajstić information content (AvgIpc) is 3.54. The van der Waals surface area contributed by atoms with Crippen molar-refractivity contribution in [2.45, 2.75) is 44.4 Å². The van der Waals surface area contributed by atoms with Gasteiger partial charge in [-0.05, 0) is 44.1 Å². The zero-order valence-electron chi connectivity index (χ0n) is 21.3. The lowest BCUT2D eigenvalue weighted by Gasteiger charge is -2.38. The van der Waals surface area contributed by atoms with Gasteiger partial charge in [-0.25, -0.2) is 0 Å². The largest absolute Gasteiger partial charge is 0.378 e. The predicted octanol–water partition coefficient (Wildman–Crippen LogP) is 2.51. The fourth-order valence-electron chi connectivity index (χ4n) is 6.52. The summed E-state index contributed by atoms with van der Waals surface area (Å²) in [6.45, 7) is 8.83. The number of benzene rings is 1. The van der Waals surface area contributed by atoms with Crippen LogP contribution in [-0.4, -0.2) is 103 Å². The molecule has 11 heteroatoms. The van der Waals surface area contributed by atoms with Crippen molar-refractivity contribution < 1.29 is 23.9 Å². The summed E-state index contributed by atoms with van der Waals surface area (Å²) in [6, 6.07) is 4.13. The third-order valence-electron chi connectivity index (χ3n) is 8.40. The molecule has 202 valence electrons. The SMILES string of the molecule is CCN(CC)CCN1C(=O)C2C(C(=O)Nc3ccc(Cl)c(Cl)c3)C3CCC2(O3)C1C(=O)N1CCOCC1. The number of carbonyl (C=O) groups excluding carboxylic acids is 3. The molecular weight excluding hydrogens is 519 g/mol. The smallest absolute Gasteiger partial charge is 0.248 e. The van der Waals surface area contributed by atoms with E-state index in [2.05, 4.69) is 24.1 Å². The van der Waals surface area contributed by atoms with E-state index in [4.69, 9.17) is 32.7 Å². The van der Waals surface area contributed by atoms with E-state index in [0.29, 0.717) is 68.0 Å². The Morgan fingerprint density at radius 3 is 2.57 bits per heavy atom. The van der Waals surface area contributed by atoms with E-state index in [1.54, 1.807) is 28.0 Å². The van der Waals surface area contributed by atoms with Crippen LogP contribution in [0.4, 0.5) is 5.69 Å². The van der Waals surface area contributed by atoms with Crippen LogP contribution in [0.15, 0.2) is 18.2 Å². The number of morpholine rings is 1. The minimum absolute atomic E-state index is 0.107. The van der Waals surface area contributed by atoms with Crippen molar-refractivity contribution in [1.82, 2.24) is 14.7 Å². The average molecular weight is 553 g/mol. The molecule has 5 atom stereocenters. The summed E-state index contributed by atoms with van der Waals surface area (Å²) in [6.07, 6.45) is 0.786. The molecule has 0 aromatic heterocycles. The number of anilines is 1. The third-order valence-corrected chi connectivity index (χ3v) is 9.14. The van der Waals surface area contributed by atoms with Gasteiger partial charge in [0.15, 0.2) is 0 Å². The number of fused-ring (bicyclic) bond motifs is 1. The van der Waals surface area contributed by atoms with Crippen molar-refractivity contribution in [1.29, 1.82) is 0 Å². The molecule has 3 amide bonds. The van der Waals surface area contributed by atoms with Gasteiger partial charge in [0, 0.05) is 31.9 Å². The van der Waals surface area contributed by atoms with Crippen molar-refractivity contribution in [2.24, 2.45) is 11.8 Å². The summed E-state index contributed by atoms with van der Waals surface area (Å²) in [5.74, 6) is -1.97. The summed E-state index contributed by atoms with van der Waals surface area (Å²) in [5, 5.41) is 3.62. The van der Waals surface area contributed by atoms with E-state index in [1.165, 1.54) is 0 Å². The van der Waals surface area contributed by atoms with Crippen molar-refractivity contribution in [2.75, 3.05) is 57.8 Å². The van der Waals surface area contributed by atoms with Crippen LogP contribution >= 0.6 is 23.2 Å². The van der Waals surface area contributed by atoms with Gasteiger partial charge >= 0.3 is 0 Å². The van der Waals surface area contributed by atoms with Gasteiger partial charge in [-0.3, -0.25) is 14.4 Å². The van der Waals surface area contributed by atoms with Gasteiger partial charge in [0.1, 0.15) is 11.6 Å². The van der Waals surface area contributed by atoms with Gasteiger partial charge in [-0.15, -0.1) is 0 Å². The summed E-state index contributed by atoms with van der Waals surface area (Å²) in [5.41, 5.74) is -0.499. The maximum absolute atomic E-state index is 14.0. The molecule has 4 aliphatic heterocycles. The van der Waals surface area contributed by atoms with Crippen molar-refractivity contribution in [3.63, 3.8) is 0 Å². The molecule has 5 rings (SSSR count). The highest BCUT2D eigenvalue weighted by Crippen LogP contribution is 2.58. The zero-order chi connectivity index (χ0) is 26.3. The number of nitrogens with one attached hydrogen (secondary N) is 1. The predicted molar refractivity (Wildman–Crippen MR) is 140 cm³/mol. The fraction of sp³-hybridized carbons (Fsp3) is 0.654. The Balaban J connectivity index is 1.44. The van der Waals surface area contributed by atoms with Crippen LogP contribution in [0.5, 0.6) is 0 Å². The van der Waals surface area contributed by atoms with E-state index in [-0.39, 0.29) is 17.7 Å². The van der Waals surface area contributed by atoms with E-state index in [9.17, 15) is 14.4 Å². The molecule has 9 nitrogen and oxygen atoms in total. The minimum atomic E-state index is -1.000. The maximum atomic E-state index is 14.0. The molecule has 0 radical (unpaired) electrons. The first-order valence-electron chi connectivity index (χ1n) is 13.1. The number of nitrogens with zero attached hydrogens (tertiary/aromatic N) is 3. The summed E-state index contributed by atoms with van der Waals surface area (Å²) >= 11 is 12.2. The highest BCUT2D eigenvalue weighted by Gasteiger charge is 2.74. The summed E-state index contributed by atoms with van der Waals surface area (Å²) in [4.78, 5) is 47.3. The molecular formula is C26H34Cl2N4O5. The van der Waals surface area contributed by atoms with Crippen LogP contribution in [0.2, 0.25) is 10.0 Å². The summed E-state index contributed by atoms with van der Waals surface area (Å²) in [7, 11) is 0. The minimum Gasteiger partial charge on any atom is -0.378 e. The molecule has 1 N–H and O–H groups in total. The lowest BCUT2D eigenvalue weighted by molar-refractivity contribution is -0.151. The number of ether oxygens (including phenoxy) is 2. The lowest BCUT2D eigenvalue weighted by atomic mass is 9.70. The van der Waals surface area contributed by atoms with Crippen LogP contribution in [0.3, 0.4) is 0 Å². The lowest BCUT2D eigenvalue weighted by Crippen LogP contribution is -2.58. The first kappa shape index (κ1) is 26.7. The molecule has 4 fully saturated rings. The highest BCUT2D eigenvalue weighted by atomic mass is 35.5. The fourth-order valence-corrected chi connectivity index (χ4v) is 6.82. The molecule has 4 saturated heterocycles. The molecule has 5 unspecified atom stereocenters. The number of hydrogen-bond donors (Lipinski definition) is 1. The second kappa shape index (κ2) is 10.7. The molecule has 0 aliphatic carbocycles. The first-order valence-corrected chi connectivity index (χ1v) is 13.9. The number of rotatable bonds is 8. The van der Waals surface area contributed by atoms with Crippen LogP contribution in [0.25, 0.3) is 0 Å². The Kier molecular flexibility index (Phi) is 7.71. The number of amides is 3. The third kappa shape index (κ3) is 4.63. The van der Waals surface area contributed by atoms with Gasteiger partial charge in [-0.2, -0.15) is 0 Å². The van der Waals surface area contributed by atoms with Gasteiger partial charge in [0.05, 0.1) is 41.2 Å². The number of carbonyl (C=O) groups is 3. The Hall–Kier alpha value is -1.91. The van der Waals surface area contributed by atoms with E-state index in [0.717, 1.165) is 13.1 Å². The van der Waals surface area contributed by atoms with Crippen LogP contribution in [0.1, 0.15) is 26.7 Å². The number of halogens is 2. The van der Waals surface area contributed by atoms with Gasteiger partial charge in [0.25, 0.3) is 0 Å². The van der Waals surface area contributed by atoms with E-state index < -0.39 is 29.6 Å². The quantitative estimate of drug-likeness (QED) is 0.532. The zero-order valence-corrected chi connectivity index (χ0v) is 22.8. The van der Waals surface area contributed by atoms with Gasteiger partial charge in [0.2, 0.25) is 17.7 Å². The molecule has 37 heavy (non-hydrogen) atoms. The van der Waals surface area contributed by atoms with Crippen LogP contribution in [0, 0.1) is 11.8 Å². The molecule has 4 aliphatic rings. The molecule has 0 saturated carbocycles. The normalized spacial score (nSPS) is 30.8. The Morgan fingerprint density at radius 1 is 1.16 bits per heavy atom. The van der Waals surface area contributed by atoms with E-state index >= 15 is 0 Å². The molecule has 2 bridgehead atoms. The van der Waals surface area contributed by atoms with Crippen molar-refractivity contribution in [3.05, 3.63) is 28.2 Å². The van der Waals surface area contributed by atoms with Crippen molar-refractivity contribution in [3.8, 4) is 0 Å². The van der Waals surface area contributed by atoms with Crippen LogP contribution < -0.4 is 5.32 Å². The molecule has 1 aromatic rings. The summed E-state index contributed by atoms with van der Waals surface area (Å²) < 4.78 is 12.0. The second-order valence-electron chi connectivity index (χ2n) is 10.2. The molecule has 1 spiro atoms. The van der Waals surface area contributed by atoms with Crippen molar-refractivity contribution >= 4 is 46.6 Å². The second-order valence-corrected chi connectivity index (χ2v) is 11.0.